The summed E-state index contributed by atoms with van der Waals surface area (Å²) in [7, 11) is 2.21. The largest absolute Gasteiger partial charge is 0.305 e. The summed E-state index contributed by atoms with van der Waals surface area (Å²) in [6.45, 7) is 4.80. The summed E-state index contributed by atoms with van der Waals surface area (Å²) in [6, 6.07) is 10.9. The summed E-state index contributed by atoms with van der Waals surface area (Å²) in [6.07, 6.45) is 0. The van der Waals surface area contributed by atoms with Crippen LogP contribution in [0, 0.1) is 5.92 Å². The van der Waals surface area contributed by atoms with Gasteiger partial charge in [0.2, 0.25) is 0 Å². The lowest BCUT2D eigenvalue weighted by Crippen LogP contribution is -2.13. The van der Waals surface area contributed by atoms with E-state index in [0.717, 1.165) is 11.8 Å². The minimum absolute atomic E-state index is 0.742. The first-order valence-corrected chi connectivity index (χ1v) is 5.01. The van der Waals surface area contributed by atoms with Gasteiger partial charge in [0.1, 0.15) is 0 Å². The minimum atomic E-state index is 0.742. The summed E-state index contributed by atoms with van der Waals surface area (Å²) < 4.78 is 0. The van der Waals surface area contributed by atoms with Gasteiger partial charge in [0, 0.05) is 19.0 Å². The van der Waals surface area contributed by atoms with Crippen molar-refractivity contribution >= 4 is 0 Å². The van der Waals surface area contributed by atoms with Crippen LogP contribution in [0.25, 0.3) is 0 Å². The van der Waals surface area contributed by atoms with Crippen LogP contribution >= 0.6 is 0 Å². The smallest absolute Gasteiger partial charge is 0.00504 e. The summed E-state index contributed by atoms with van der Waals surface area (Å²) in [5, 5.41) is 0. The molecular weight excluding hydrogens is 158 g/mol. The predicted molar refractivity (Wildman–Crippen MR) is 55.8 cm³/mol. The van der Waals surface area contributed by atoms with Gasteiger partial charge in [-0.1, -0.05) is 37.3 Å². The van der Waals surface area contributed by atoms with Gasteiger partial charge in [-0.2, -0.15) is 0 Å². The maximum atomic E-state index is 2.42. The van der Waals surface area contributed by atoms with Crippen LogP contribution < -0.4 is 0 Å². The first-order valence-electron chi connectivity index (χ1n) is 5.01. The number of benzene rings is 1. The fraction of sp³-hybridized carbons (Fsp3) is 0.500. The first kappa shape index (κ1) is 8.76. The second kappa shape index (κ2) is 3.51. The van der Waals surface area contributed by atoms with Crippen LogP contribution in [-0.4, -0.2) is 25.0 Å². The van der Waals surface area contributed by atoms with Crippen molar-refractivity contribution in [2.75, 3.05) is 20.1 Å². The van der Waals surface area contributed by atoms with Gasteiger partial charge in [-0.15, -0.1) is 0 Å². The molecule has 2 rings (SSSR count). The van der Waals surface area contributed by atoms with Crippen molar-refractivity contribution < 1.29 is 0 Å². The molecule has 0 amide bonds. The molecule has 1 heterocycles. The summed E-state index contributed by atoms with van der Waals surface area (Å²) in [4.78, 5) is 2.42. The molecular formula is C12H17N. The SMILES string of the molecule is CC1CN(C)CC1c1ccccc1. The third-order valence-corrected chi connectivity index (χ3v) is 3.02. The van der Waals surface area contributed by atoms with E-state index in [2.05, 4.69) is 49.2 Å². The highest BCUT2D eigenvalue weighted by molar-refractivity contribution is 5.21. The van der Waals surface area contributed by atoms with Gasteiger partial charge >= 0.3 is 0 Å². The van der Waals surface area contributed by atoms with E-state index in [1.165, 1.54) is 18.7 Å². The average Bonchev–Trinajstić information content (AvgIpc) is 2.47. The number of likely N-dealkylation sites (tertiary alicyclic amines) is 1. The fourth-order valence-electron chi connectivity index (χ4n) is 2.34. The zero-order valence-corrected chi connectivity index (χ0v) is 8.40. The van der Waals surface area contributed by atoms with Crippen molar-refractivity contribution in [2.24, 2.45) is 5.92 Å². The highest BCUT2D eigenvalue weighted by Crippen LogP contribution is 2.30. The molecule has 0 radical (unpaired) electrons. The second-order valence-corrected chi connectivity index (χ2v) is 4.22. The lowest BCUT2D eigenvalue weighted by Gasteiger charge is -2.13. The van der Waals surface area contributed by atoms with Crippen molar-refractivity contribution in [1.82, 2.24) is 4.90 Å². The van der Waals surface area contributed by atoms with Crippen LogP contribution in [0.1, 0.15) is 18.4 Å². The molecule has 1 nitrogen and oxygen atoms in total. The van der Waals surface area contributed by atoms with E-state index in [0.29, 0.717) is 0 Å². The third kappa shape index (κ3) is 1.75. The number of hydrogen-bond donors (Lipinski definition) is 0. The van der Waals surface area contributed by atoms with Crippen molar-refractivity contribution in [3.8, 4) is 0 Å². The van der Waals surface area contributed by atoms with E-state index in [-0.39, 0.29) is 0 Å². The second-order valence-electron chi connectivity index (χ2n) is 4.22. The Morgan fingerprint density at radius 3 is 2.38 bits per heavy atom. The highest BCUT2D eigenvalue weighted by Gasteiger charge is 2.27. The van der Waals surface area contributed by atoms with Gasteiger partial charge in [0.05, 0.1) is 0 Å². The first-order chi connectivity index (χ1) is 6.27. The number of likely N-dealkylation sites (N-methyl/N-ethyl adjacent to an activating group) is 1. The molecule has 2 atom stereocenters. The molecule has 0 saturated carbocycles. The van der Waals surface area contributed by atoms with Crippen LogP contribution in [0.3, 0.4) is 0 Å². The van der Waals surface area contributed by atoms with Gasteiger partial charge in [0.15, 0.2) is 0 Å². The summed E-state index contributed by atoms with van der Waals surface area (Å²) in [5.41, 5.74) is 1.50. The molecule has 1 fully saturated rings. The zero-order valence-electron chi connectivity index (χ0n) is 8.40. The highest BCUT2D eigenvalue weighted by atomic mass is 15.1. The topological polar surface area (TPSA) is 3.24 Å². The summed E-state index contributed by atoms with van der Waals surface area (Å²) >= 11 is 0. The van der Waals surface area contributed by atoms with E-state index < -0.39 is 0 Å². The monoisotopic (exact) mass is 175 g/mol. The maximum absolute atomic E-state index is 2.42. The van der Waals surface area contributed by atoms with E-state index in [1.807, 2.05) is 0 Å². The molecule has 1 aliphatic heterocycles. The Hall–Kier alpha value is -0.820. The van der Waals surface area contributed by atoms with Gasteiger partial charge < -0.3 is 4.90 Å². The Bertz CT molecular complexity index is 268. The van der Waals surface area contributed by atoms with Gasteiger partial charge in [-0.05, 0) is 18.5 Å². The van der Waals surface area contributed by atoms with Crippen LogP contribution in [-0.2, 0) is 0 Å². The molecule has 1 aromatic rings. The Morgan fingerprint density at radius 1 is 1.15 bits per heavy atom. The Labute approximate surface area is 80.4 Å². The molecule has 0 spiro atoms. The molecule has 0 bridgehead atoms. The van der Waals surface area contributed by atoms with Crippen LogP contribution in [0.2, 0.25) is 0 Å². The number of hydrogen-bond acceptors (Lipinski definition) is 1. The van der Waals surface area contributed by atoms with E-state index >= 15 is 0 Å². The van der Waals surface area contributed by atoms with Crippen molar-refractivity contribution in [2.45, 2.75) is 12.8 Å². The van der Waals surface area contributed by atoms with Crippen LogP contribution in [0.15, 0.2) is 30.3 Å². The lowest BCUT2D eigenvalue weighted by molar-refractivity contribution is 0.401. The average molecular weight is 175 g/mol. The molecule has 0 N–H and O–H groups in total. The van der Waals surface area contributed by atoms with Gasteiger partial charge in [0.25, 0.3) is 0 Å². The molecule has 1 aliphatic rings. The molecule has 13 heavy (non-hydrogen) atoms. The van der Waals surface area contributed by atoms with Crippen LogP contribution in [0.4, 0.5) is 0 Å². The molecule has 0 aliphatic carbocycles. The van der Waals surface area contributed by atoms with Gasteiger partial charge in [-0.3, -0.25) is 0 Å². The molecule has 0 aromatic heterocycles. The number of nitrogens with zero attached hydrogens (tertiary/aromatic N) is 1. The normalized spacial score (nSPS) is 29.4. The lowest BCUT2D eigenvalue weighted by atomic mass is 9.90. The Kier molecular flexibility index (Phi) is 2.36. The molecule has 70 valence electrons. The minimum Gasteiger partial charge on any atom is -0.305 e. The fourth-order valence-corrected chi connectivity index (χ4v) is 2.34. The third-order valence-electron chi connectivity index (χ3n) is 3.02. The maximum Gasteiger partial charge on any atom is 0.00504 e. The molecule has 1 heteroatoms. The van der Waals surface area contributed by atoms with Crippen LogP contribution in [0.5, 0.6) is 0 Å². The number of rotatable bonds is 1. The van der Waals surface area contributed by atoms with Crippen molar-refractivity contribution in [1.29, 1.82) is 0 Å². The standard InChI is InChI=1S/C12H17N/c1-10-8-13(2)9-12(10)11-6-4-3-5-7-11/h3-7,10,12H,8-9H2,1-2H3. The van der Waals surface area contributed by atoms with Crippen molar-refractivity contribution in [3.05, 3.63) is 35.9 Å². The Morgan fingerprint density at radius 2 is 1.85 bits per heavy atom. The predicted octanol–water partition coefficient (Wildman–Crippen LogP) is 2.35. The van der Waals surface area contributed by atoms with E-state index in [9.17, 15) is 0 Å². The molecule has 1 aromatic carbocycles. The zero-order chi connectivity index (χ0) is 9.26. The summed E-state index contributed by atoms with van der Waals surface area (Å²) in [5.74, 6) is 1.54. The molecule has 1 saturated heterocycles. The van der Waals surface area contributed by atoms with Gasteiger partial charge in [-0.25, -0.2) is 0 Å². The quantitative estimate of drug-likeness (QED) is 0.633. The van der Waals surface area contributed by atoms with E-state index in [4.69, 9.17) is 0 Å². The Balaban J connectivity index is 2.18. The van der Waals surface area contributed by atoms with E-state index in [1.54, 1.807) is 0 Å². The van der Waals surface area contributed by atoms with Crippen molar-refractivity contribution in [3.63, 3.8) is 0 Å². The molecule has 2 unspecified atom stereocenters.